The van der Waals surface area contributed by atoms with Crippen molar-refractivity contribution in [2.24, 2.45) is 13.0 Å². The topological polar surface area (TPSA) is 33.1 Å². The molecule has 0 unspecified atom stereocenters. The van der Waals surface area contributed by atoms with Crippen molar-refractivity contribution in [3.8, 4) is 0 Å². The Hall–Kier alpha value is -0.870. The number of aromatic nitrogens is 2. The van der Waals surface area contributed by atoms with Crippen LogP contribution >= 0.6 is 0 Å². The summed E-state index contributed by atoms with van der Waals surface area (Å²) < 4.78 is 1.98. The third kappa shape index (κ3) is 3.82. The Balaban J connectivity index is 1.66. The highest BCUT2D eigenvalue weighted by molar-refractivity contribution is 5.00. The number of hydrogen-bond donors (Lipinski definition) is 1. The molecule has 102 valence electrons. The van der Waals surface area contributed by atoms with Gasteiger partial charge in [0, 0.05) is 31.9 Å². The SMILES string of the molecule is CCNCC1CCN(CCc2ccnn2C)CC1. The van der Waals surface area contributed by atoms with Gasteiger partial charge < -0.3 is 10.2 Å². The number of aryl methyl sites for hydroxylation is 1. The van der Waals surface area contributed by atoms with Crippen LogP contribution in [0, 0.1) is 5.92 Å². The zero-order valence-corrected chi connectivity index (χ0v) is 11.7. The van der Waals surface area contributed by atoms with Crippen molar-refractivity contribution in [3.63, 3.8) is 0 Å². The summed E-state index contributed by atoms with van der Waals surface area (Å²) in [6, 6.07) is 2.12. The van der Waals surface area contributed by atoms with Crippen LogP contribution in [0.4, 0.5) is 0 Å². The number of piperidine rings is 1. The average molecular weight is 250 g/mol. The molecular formula is C14H26N4. The van der Waals surface area contributed by atoms with Gasteiger partial charge in [-0.1, -0.05) is 6.92 Å². The van der Waals surface area contributed by atoms with E-state index in [0.717, 1.165) is 18.9 Å². The van der Waals surface area contributed by atoms with Crippen molar-refractivity contribution in [1.29, 1.82) is 0 Å². The zero-order chi connectivity index (χ0) is 12.8. The second-order valence-corrected chi connectivity index (χ2v) is 5.29. The van der Waals surface area contributed by atoms with E-state index in [1.807, 2.05) is 17.9 Å². The molecule has 0 spiro atoms. The molecule has 0 saturated carbocycles. The highest BCUT2D eigenvalue weighted by Crippen LogP contribution is 2.16. The van der Waals surface area contributed by atoms with Crippen molar-refractivity contribution in [1.82, 2.24) is 20.0 Å². The van der Waals surface area contributed by atoms with Gasteiger partial charge in [0.25, 0.3) is 0 Å². The van der Waals surface area contributed by atoms with Crippen LogP contribution in [0.15, 0.2) is 12.3 Å². The van der Waals surface area contributed by atoms with E-state index < -0.39 is 0 Å². The second kappa shape index (κ2) is 6.90. The Morgan fingerprint density at radius 1 is 1.39 bits per heavy atom. The van der Waals surface area contributed by atoms with Crippen LogP contribution in [0.3, 0.4) is 0 Å². The lowest BCUT2D eigenvalue weighted by Gasteiger charge is -2.32. The van der Waals surface area contributed by atoms with Crippen LogP contribution in [-0.4, -0.2) is 47.4 Å². The molecule has 1 N–H and O–H groups in total. The molecule has 4 nitrogen and oxygen atoms in total. The molecule has 0 atom stereocenters. The fraction of sp³-hybridized carbons (Fsp3) is 0.786. The molecule has 4 heteroatoms. The normalized spacial score (nSPS) is 18.3. The highest BCUT2D eigenvalue weighted by atomic mass is 15.3. The van der Waals surface area contributed by atoms with Gasteiger partial charge in [0.2, 0.25) is 0 Å². The Morgan fingerprint density at radius 3 is 2.78 bits per heavy atom. The zero-order valence-electron chi connectivity index (χ0n) is 11.7. The number of hydrogen-bond acceptors (Lipinski definition) is 3. The largest absolute Gasteiger partial charge is 0.317 e. The third-order valence-electron chi connectivity index (χ3n) is 4.00. The molecule has 0 amide bonds. The van der Waals surface area contributed by atoms with Crippen molar-refractivity contribution in [3.05, 3.63) is 18.0 Å². The third-order valence-corrected chi connectivity index (χ3v) is 4.00. The Bertz CT molecular complexity index is 339. The molecule has 2 heterocycles. The van der Waals surface area contributed by atoms with Gasteiger partial charge in [0.1, 0.15) is 0 Å². The Morgan fingerprint density at radius 2 is 2.17 bits per heavy atom. The number of likely N-dealkylation sites (tertiary alicyclic amines) is 1. The smallest absolute Gasteiger partial charge is 0.0492 e. The van der Waals surface area contributed by atoms with Crippen molar-refractivity contribution in [2.75, 3.05) is 32.7 Å². The molecule has 0 bridgehead atoms. The van der Waals surface area contributed by atoms with Gasteiger partial charge in [-0.15, -0.1) is 0 Å². The summed E-state index contributed by atoms with van der Waals surface area (Å²) in [7, 11) is 2.03. The summed E-state index contributed by atoms with van der Waals surface area (Å²) in [6.45, 7) is 8.17. The minimum atomic E-state index is 0.887. The molecule has 18 heavy (non-hydrogen) atoms. The number of nitrogens with one attached hydrogen (secondary N) is 1. The molecule has 1 aliphatic rings. The van der Waals surface area contributed by atoms with Crippen LogP contribution in [-0.2, 0) is 13.5 Å². The lowest BCUT2D eigenvalue weighted by molar-refractivity contribution is 0.183. The van der Waals surface area contributed by atoms with Crippen LogP contribution in [0.25, 0.3) is 0 Å². The van der Waals surface area contributed by atoms with Crippen LogP contribution in [0.1, 0.15) is 25.5 Å². The first-order valence-electron chi connectivity index (χ1n) is 7.19. The van der Waals surface area contributed by atoms with Crippen molar-refractivity contribution in [2.45, 2.75) is 26.2 Å². The maximum absolute atomic E-state index is 4.22. The summed E-state index contributed by atoms with van der Waals surface area (Å²) in [4.78, 5) is 2.59. The molecule has 1 aromatic rings. The molecule has 1 fully saturated rings. The van der Waals surface area contributed by atoms with Gasteiger partial charge in [0.05, 0.1) is 0 Å². The fourth-order valence-corrected chi connectivity index (χ4v) is 2.68. The van der Waals surface area contributed by atoms with E-state index in [4.69, 9.17) is 0 Å². The standard InChI is InChI=1S/C14H26N4/c1-3-15-12-13-5-9-18(10-6-13)11-7-14-4-8-16-17(14)2/h4,8,13,15H,3,5-7,9-12H2,1-2H3. The van der Waals surface area contributed by atoms with Gasteiger partial charge in [0.15, 0.2) is 0 Å². The number of rotatable bonds is 6. The van der Waals surface area contributed by atoms with E-state index in [9.17, 15) is 0 Å². The van der Waals surface area contributed by atoms with Gasteiger partial charge >= 0.3 is 0 Å². The van der Waals surface area contributed by atoms with Crippen LogP contribution < -0.4 is 5.32 Å². The molecule has 2 rings (SSSR count). The van der Waals surface area contributed by atoms with Crippen LogP contribution in [0.2, 0.25) is 0 Å². The van der Waals surface area contributed by atoms with E-state index in [2.05, 4.69) is 28.3 Å². The Labute approximate surface area is 110 Å². The predicted octanol–water partition coefficient (Wildman–Crippen LogP) is 1.28. The summed E-state index contributed by atoms with van der Waals surface area (Å²) in [5.74, 6) is 0.887. The van der Waals surface area contributed by atoms with Gasteiger partial charge in [-0.3, -0.25) is 4.68 Å². The molecule has 0 aromatic carbocycles. The first-order valence-corrected chi connectivity index (χ1v) is 7.19. The highest BCUT2D eigenvalue weighted by Gasteiger charge is 2.18. The lowest BCUT2D eigenvalue weighted by Crippen LogP contribution is -2.38. The molecular weight excluding hydrogens is 224 g/mol. The van der Waals surface area contributed by atoms with E-state index in [1.165, 1.54) is 44.7 Å². The average Bonchev–Trinajstić information content (AvgIpc) is 2.81. The van der Waals surface area contributed by atoms with E-state index >= 15 is 0 Å². The monoisotopic (exact) mass is 250 g/mol. The molecule has 1 saturated heterocycles. The minimum absolute atomic E-state index is 0.887. The summed E-state index contributed by atoms with van der Waals surface area (Å²) >= 11 is 0. The molecule has 1 aromatic heterocycles. The molecule has 1 aliphatic heterocycles. The first kappa shape index (κ1) is 13.6. The minimum Gasteiger partial charge on any atom is -0.317 e. The molecule has 0 radical (unpaired) electrons. The van der Waals surface area contributed by atoms with Gasteiger partial charge in [-0.25, -0.2) is 0 Å². The predicted molar refractivity (Wildman–Crippen MR) is 74.6 cm³/mol. The quantitative estimate of drug-likeness (QED) is 0.826. The lowest BCUT2D eigenvalue weighted by atomic mass is 9.96. The second-order valence-electron chi connectivity index (χ2n) is 5.29. The van der Waals surface area contributed by atoms with Crippen molar-refractivity contribution >= 4 is 0 Å². The van der Waals surface area contributed by atoms with Crippen molar-refractivity contribution < 1.29 is 0 Å². The maximum Gasteiger partial charge on any atom is 0.0492 e. The Kier molecular flexibility index (Phi) is 5.20. The number of nitrogens with zero attached hydrogens (tertiary/aromatic N) is 3. The summed E-state index contributed by atoms with van der Waals surface area (Å²) in [5, 5.41) is 7.68. The summed E-state index contributed by atoms with van der Waals surface area (Å²) in [5.41, 5.74) is 1.34. The fourth-order valence-electron chi connectivity index (χ4n) is 2.68. The summed E-state index contributed by atoms with van der Waals surface area (Å²) in [6.07, 6.45) is 5.70. The van der Waals surface area contributed by atoms with E-state index in [-0.39, 0.29) is 0 Å². The van der Waals surface area contributed by atoms with E-state index in [0.29, 0.717) is 0 Å². The van der Waals surface area contributed by atoms with Crippen LogP contribution in [0.5, 0.6) is 0 Å². The van der Waals surface area contributed by atoms with Gasteiger partial charge in [-0.05, 0) is 51.0 Å². The van der Waals surface area contributed by atoms with E-state index in [1.54, 1.807) is 0 Å². The maximum atomic E-state index is 4.22. The first-order chi connectivity index (χ1) is 8.79. The van der Waals surface area contributed by atoms with Gasteiger partial charge in [-0.2, -0.15) is 5.10 Å². The molecule has 0 aliphatic carbocycles.